The summed E-state index contributed by atoms with van der Waals surface area (Å²) in [5, 5.41) is 11.9. The lowest BCUT2D eigenvalue weighted by molar-refractivity contribution is -0.138. The van der Waals surface area contributed by atoms with E-state index in [-0.39, 0.29) is 29.0 Å². The Bertz CT molecular complexity index is 575. The maximum absolute atomic E-state index is 12.5. The van der Waals surface area contributed by atoms with Gasteiger partial charge in [-0.3, -0.25) is 9.59 Å². The van der Waals surface area contributed by atoms with Crippen molar-refractivity contribution in [3.05, 3.63) is 22.7 Å². The number of carbonyl (C=O) groups is 2. The zero-order valence-electron chi connectivity index (χ0n) is 13.5. The Morgan fingerprint density at radius 2 is 1.95 bits per heavy atom. The van der Waals surface area contributed by atoms with E-state index in [0.29, 0.717) is 5.82 Å². The molecule has 0 bridgehead atoms. The van der Waals surface area contributed by atoms with Crippen LogP contribution < -0.4 is 5.32 Å². The van der Waals surface area contributed by atoms with Gasteiger partial charge in [-0.25, -0.2) is 9.97 Å². The molecule has 1 aromatic heterocycles. The van der Waals surface area contributed by atoms with Crippen molar-refractivity contribution in [3.8, 4) is 0 Å². The van der Waals surface area contributed by atoms with E-state index in [9.17, 15) is 9.59 Å². The van der Waals surface area contributed by atoms with Crippen LogP contribution in [0.15, 0.2) is 6.20 Å². The molecule has 2 N–H and O–H groups in total. The smallest absolute Gasteiger partial charge is 0.305 e. The lowest BCUT2D eigenvalue weighted by atomic mass is 9.85. The molecule has 7 heteroatoms. The average molecular weight is 328 g/mol. The highest BCUT2D eigenvalue weighted by Crippen LogP contribution is 2.23. The minimum atomic E-state index is -0.979. The third kappa shape index (κ3) is 4.40. The van der Waals surface area contributed by atoms with Gasteiger partial charge in [-0.2, -0.15) is 0 Å². The van der Waals surface area contributed by atoms with Crippen molar-refractivity contribution in [1.82, 2.24) is 15.3 Å². The van der Waals surface area contributed by atoms with Gasteiger partial charge < -0.3 is 10.4 Å². The van der Waals surface area contributed by atoms with Crippen molar-refractivity contribution in [2.45, 2.75) is 52.5 Å². The molecule has 0 aromatic carbocycles. The number of rotatable bonds is 6. The summed E-state index contributed by atoms with van der Waals surface area (Å²) in [6.45, 7) is 9.22. The maximum atomic E-state index is 12.5. The molecule has 1 rings (SSSR count). The molecule has 1 atom stereocenters. The Hall–Kier alpha value is -1.69. The van der Waals surface area contributed by atoms with Crippen LogP contribution in [0, 0.1) is 5.92 Å². The fourth-order valence-corrected chi connectivity index (χ4v) is 2.02. The van der Waals surface area contributed by atoms with E-state index in [1.165, 1.54) is 6.20 Å². The summed E-state index contributed by atoms with van der Waals surface area (Å²) in [5.41, 5.74) is -0.826. The number of halogens is 1. The van der Waals surface area contributed by atoms with E-state index in [1.54, 1.807) is 6.92 Å². The lowest BCUT2D eigenvalue weighted by Crippen LogP contribution is -2.51. The van der Waals surface area contributed by atoms with E-state index in [1.807, 2.05) is 27.7 Å². The molecule has 1 aromatic rings. The van der Waals surface area contributed by atoms with Crippen molar-refractivity contribution in [2.24, 2.45) is 5.92 Å². The van der Waals surface area contributed by atoms with Gasteiger partial charge in [-0.05, 0) is 12.8 Å². The first-order valence-electron chi connectivity index (χ1n) is 7.13. The van der Waals surface area contributed by atoms with Gasteiger partial charge in [0.1, 0.15) is 11.5 Å². The second kappa shape index (κ2) is 7.05. The summed E-state index contributed by atoms with van der Waals surface area (Å²) in [5.74, 6) is -0.976. The number of carbonyl (C=O) groups excluding carboxylic acids is 1. The molecule has 0 spiro atoms. The number of nitrogens with one attached hydrogen (secondary N) is 1. The second-order valence-corrected chi connectivity index (χ2v) is 6.58. The number of aliphatic carboxylic acids is 1. The van der Waals surface area contributed by atoms with Gasteiger partial charge in [-0.15, -0.1) is 0 Å². The molecule has 0 saturated heterocycles. The molecule has 0 aliphatic carbocycles. The van der Waals surface area contributed by atoms with E-state index in [0.717, 1.165) is 0 Å². The molecule has 22 heavy (non-hydrogen) atoms. The fourth-order valence-electron chi connectivity index (χ4n) is 1.84. The molecule has 6 nitrogen and oxygen atoms in total. The topological polar surface area (TPSA) is 92.2 Å². The van der Waals surface area contributed by atoms with Crippen LogP contribution in [-0.2, 0) is 4.79 Å². The summed E-state index contributed by atoms with van der Waals surface area (Å²) in [6, 6.07) is 0. The van der Waals surface area contributed by atoms with Crippen molar-refractivity contribution >= 4 is 23.5 Å². The predicted molar refractivity (Wildman–Crippen MR) is 84.1 cm³/mol. The van der Waals surface area contributed by atoms with Gasteiger partial charge in [0, 0.05) is 5.92 Å². The summed E-state index contributed by atoms with van der Waals surface area (Å²) in [7, 11) is 0. The van der Waals surface area contributed by atoms with Crippen LogP contribution in [0.25, 0.3) is 0 Å². The Balaban J connectivity index is 3.10. The van der Waals surface area contributed by atoms with Crippen molar-refractivity contribution in [2.75, 3.05) is 0 Å². The van der Waals surface area contributed by atoms with Crippen molar-refractivity contribution in [1.29, 1.82) is 0 Å². The molecule has 0 aliphatic heterocycles. The zero-order valence-corrected chi connectivity index (χ0v) is 14.2. The van der Waals surface area contributed by atoms with E-state index in [2.05, 4.69) is 15.3 Å². The van der Waals surface area contributed by atoms with Crippen LogP contribution in [0.2, 0.25) is 5.02 Å². The van der Waals surface area contributed by atoms with Gasteiger partial charge in [0.2, 0.25) is 0 Å². The van der Waals surface area contributed by atoms with Gasteiger partial charge in [-0.1, -0.05) is 39.3 Å². The van der Waals surface area contributed by atoms with E-state index < -0.39 is 17.4 Å². The van der Waals surface area contributed by atoms with Crippen molar-refractivity contribution in [3.63, 3.8) is 0 Å². The molecule has 0 radical (unpaired) electrons. The first kappa shape index (κ1) is 18.4. The minimum absolute atomic E-state index is 0.0549. The molecule has 1 heterocycles. The second-order valence-electron chi connectivity index (χ2n) is 6.18. The number of carboxylic acid groups (broad SMARTS) is 1. The maximum Gasteiger partial charge on any atom is 0.305 e. The van der Waals surface area contributed by atoms with Gasteiger partial charge in [0.05, 0.1) is 23.2 Å². The average Bonchev–Trinajstić information content (AvgIpc) is 2.37. The van der Waals surface area contributed by atoms with E-state index >= 15 is 0 Å². The van der Waals surface area contributed by atoms with E-state index in [4.69, 9.17) is 16.7 Å². The third-order valence-electron chi connectivity index (χ3n) is 3.69. The van der Waals surface area contributed by atoms with Crippen LogP contribution in [0.1, 0.15) is 63.3 Å². The Labute approximate surface area is 135 Å². The molecular weight excluding hydrogens is 306 g/mol. The van der Waals surface area contributed by atoms with Crippen LogP contribution in [0.5, 0.6) is 0 Å². The Kier molecular flexibility index (Phi) is 5.88. The van der Waals surface area contributed by atoms with Crippen LogP contribution in [-0.4, -0.2) is 32.5 Å². The number of nitrogens with zero attached hydrogens (tertiary/aromatic N) is 2. The first-order valence-corrected chi connectivity index (χ1v) is 7.51. The summed E-state index contributed by atoms with van der Waals surface area (Å²) in [6.07, 6.45) is 1.21. The highest BCUT2D eigenvalue weighted by Gasteiger charge is 2.34. The molecule has 0 aliphatic rings. The predicted octanol–water partition coefficient (Wildman–Crippen LogP) is 2.87. The first-order chi connectivity index (χ1) is 10.1. The molecule has 0 saturated carbocycles. The number of hydrogen-bond acceptors (Lipinski definition) is 4. The number of carboxylic acids is 1. The van der Waals surface area contributed by atoms with Crippen LogP contribution >= 0.6 is 11.6 Å². The minimum Gasteiger partial charge on any atom is -0.481 e. The number of aromatic nitrogens is 2. The molecular formula is C15H22ClN3O3. The number of amides is 1. The molecule has 0 fully saturated rings. The number of hydrogen-bond donors (Lipinski definition) is 2. The SMILES string of the molecule is CC(C)c1ncc(Cl)c(C(=O)NC(C)(CC(=O)O)C(C)C)n1. The highest BCUT2D eigenvalue weighted by molar-refractivity contribution is 6.33. The monoisotopic (exact) mass is 327 g/mol. The summed E-state index contributed by atoms with van der Waals surface area (Å²) < 4.78 is 0. The zero-order chi connectivity index (χ0) is 17.1. The van der Waals surface area contributed by atoms with Crippen LogP contribution in [0.3, 0.4) is 0 Å². The van der Waals surface area contributed by atoms with Crippen LogP contribution in [0.4, 0.5) is 0 Å². The fraction of sp³-hybridized carbons (Fsp3) is 0.600. The standard InChI is InChI=1S/C15H22ClN3O3/c1-8(2)13-17-7-10(16)12(18-13)14(22)19-15(5,9(3)4)6-11(20)21/h7-9H,6H2,1-5H3,(H,19,22)(H,20,21). The normalized spacial score (nSPS) is 14.0. The lowest BCUT2D eigenvalue weighted by Gasteiger charge is -2.33. The Morgan fingerprint density at radius 3 is 2.41 bits per heavy atom. The highest BCUT2D eigenvalue weighted by atomic mass is 35.5. The van der Waals surface area contributed by atoms with Gasteiger partial charge in [0.25, 0.3) is 5.91 Å². The van der Waals surface area contributed by atoms with Crippen molar-refractivity contribution < 1.29 is 14.7 Å². The molecule has 1 amide bonds. The third-order valence-corrected chi connectivity index (χ3v) is 3.96. The summed E-state index contributed by atoms with van der Waals surface area (Å²) >= 11 is 6.01. The largest absolute Gasteiger partial charge is 0.481 e. The quantitative estimate of drug-likeness (QED) is 0.838. The Morgan fingerprint density at radius 1 is 1.36 bits per heavy atom. The van der Waals surface area contributed by atoms with Gasteiger partial charge >= 0.3 is 5.97 Å². The summed E-state index contributed by atoms with van der Waals surface area (Å²) in [4.78, 5) is 31.8. The van der Waals surface area contributed by atoms with Gasteiger partial charge in [0.15, 0.2) is 0 Å². The molecule has 122 valence electrons. The molecule has 1 unspecified atom stereocenters.